The highest BCUT2D eigenvalue weighted by atomic mass is 16.7. The number of aliphatic carboxylic acids is 1. The SMILES string of the molecule is CCCCOCCOc1ccc(-c2ccc3c(c2)C=C(C(=O)O)CCN3CC2=C(C)ON(C)C2)cc1. The van der Waals surface area contributed by atoms with Crippen LogP contribution in [0.25, 0.3) is 17.2 Å². The number of nitrogens with zero attached hydrogens (tertiary/aromatic N) is 2. The molecule has 0 amide bonds. The van der Waals surface area contributed by atoms with Crippen molar-refractivity contribution >= 4 is 17.7 Å². The second-order valence-electron chi connectivity index (χ2n) is 9.30. The maximum Gasteiger partial charge on any atom is 0.331 e. The molecule has 0 radical (unpaired) electrons. The highest BCUT2D eigenvalue weighted by molar-refractivity contribution is 5.94. The van der Waals surface area contributed by atoms with Crippen LogP contribution in [0.2, 0.25) is 0 Å². The largest absolute Gasteiger partial charge is 0.491 e. The Labute approximate surface area is 213 Å². The first-order valence-corrected chi connectivity index (χ1v) is 12.7. The Bertz CT molecular complexity index is 1120. The van der Waals surface area contributed by atoms with Crippen molar-refractivity contribution in [2.45, 2.75) is 33.1 Å². The highest BCUT2D eigenvalue weighted by Crippen LogP contribution is 2.34. The summed E-state index contributed by atoms with van der Waals surface area (Å²) in [5.74, 6) is 0.855. The maximum absolute atomic E-state index is 11.9. The number of hydroxylamine groups is 2. The van der Waals surface area contributed by atoms with E-state index in [1.54, 1.807) is 0 Å². The normalized spacial score (nSPS) is 15.9. The van der Waals surface area contributed by atoms with Crippen molar-refractivity contribution in [3.05, 3.63) is 64.9 Å². The summed E-state index contributed by atoms with van der Waals surface area (Å²) in [4.78, 5) is 19.8. The minimum Gasteiger partial charge on any atom is -0.491 e. The van der Waals surface area contributed by atoms with Crippen LogP contribution in [0.5, 0.6) is 5.75 Å². The van der Waals surface area contributed by atoms with Gasteiger partial charge in [0.05, 0.1) is 13.2 Å². The molecule has 2 heterocycles. The van der Waals surface area contributed by atoms with Crippen LogP contribution in [-0.2, 0) is 14.4 Å². The van der Waals surface area contributed by atoms with Gasteiger partial charge in [-0.05, 0) is 66.8 Å². The third kappa shape index (κ3) is 6.47. The monoisotopic (exact) mass is 492 g/mol. The lowest BCUT2D eigenvalue weighted by Crippen LogP contribution is -2.29. The molecule has 192 valence electrons. The molecule has 2 aliphatic rings. The average Bonchev–Trinajstić information content (AvgIpc) is 3.07. The maximum atomic E-state index is 11.9. The van der Waals surface area contributed by atoms with Gasteiger partial charge in [-0.1, -0.05) is 31.5 Å². The molecule has 4 rings (SSSR count). The Morgan fingerprint density at radius 2 is 1.86 bits per heavy atom. The molecule has 0 aromatic heterocycles. The van der Waals surface area contributed by atoms with Crippen molar-refractivity contribution in [1.29, 1.82) is 0 Å². The zero-order chi connectivity index (χ0) is 25.5. The molecule has 0 fully saturated rings. The molecule has 2 aromatic carbocycles. The van der Waals surface area contributed by atoms with Gasteiger partial charge in [0.2, 0.25) is 0 Å². The lowest BCUT2D eigenvalue weighted by molar-refractivity contribution is -0.132. The number of benzene rings is 2. The third-order valence-corrected chi connectivity index (χ3v) is 6.54. The van der Waals surface area contributed by atoms with Crippen LogP contribution in [0.1, 0.15) is 38.7 Å². The first kappa shape index (κ1) is 25.8. The number of hydrogen-bond donors (Lipinski definition) is 1. The molecule has 0 atom stereocenters. The van der Waals surface area contributed by atoms with Gasteiger partial charge in [-0.25, -0.2) is 4.79 Å². The quantitative estimate of drug-likeness (QED) is 0.422. The molecule has 0 aliphatic carbocycles. The number of ether oxygens (including phenoxy) is 2. The van der Waals surface area contributed by atoms with Gasteiger partial charge in [-0.2, -0.15) is 0 Å². The predicted octanol–water partition coefficient (Wildman–Crippen LogP) is 5.38. The van der Waals surface area contributed by atoms with Crippen molar-refractivity contribution in [3.63, 3.8) is 0 Å². The van der Waals surface area contributed by atoms with E-state index < -0.39 is 5.97 Å². The van der Waals surface area contributed by atoms with Crippen LogP contribution < -0.4 is 9.64 Å². The van der Waals surface area contributed by atoms with Crippen LogP contribution in [0.15, 0.2) is 59.4 Å². The van der Waals surface area contributed by atoms with Crippen LogP contribution in [0.4, 0.5) is 5.69 Å². The van der Waals surface area contributed by atoms with Gasteiger partial charge in [-0.3, -0.25) is 0 Å². The van der Waals surface area contributed by atoms with E-state index >= 15 is 0 Å². The minimum absolute atomic E-state index is 0.422. The Kier molecular flexibility index (Phi) is 8.67. The molecule has 7 heteroatoms. The van der Waals surface area contributed by atoms with Crippen molar-refractivity contribution in [2.24, 2.45) is 0 Å². The first-order valence-electron chi connectivity index (χ1n) is 12.7. The zero-order valence-corrected chi connectivity index (χ0v) is 21.5. The highest BCUT2D eigenvalue weighted by Gasteiger charge is 2.24. The standard InChI is InChI=1S/C29H36N2O5/c1-4-5-14-34-15-16-35-27-9-6-22(7-10-27)23-8-11-28-25(17-23)18-24(29(32)33)12-13-31(28)20-26-19-30(3)36-21(26)2/h6-11,17-18H,4-5,12-16,19-20H2,1-3H3,(H,32,33). The fourth-order valence-corrected chi connectivity index (χ4v) is 4.52. The number of hydrogen-bond acceptors (Lipinski definition) is 6. The number of carbonyl (C=O) groups is 1. The number of allylic oxidation sites excluding steroid dienone is 1. The summed E-state index contributed by atoms with van der Waals surface area (Å²) in [5, 5.41) is 11.6. The fraction of sp³-hybridized carbons (Fsp3) is 0.414. The van der Waals surface area contributed by atoms with E-state index in [0.29, 0.717) is 38.3 Å². The smallest absolute Gasteiger partial charge is 0.331 e. The Morgan fingerprint density at radius 3 is 2.56 bits per heavy atom. The topological polar surface area (TPSA) is 71.5 Å². The molecule has 2 aliphatic heterocycles. The van der Waals surface area contributed by atoms with Gasteiger partial charge in [-0.15, -0.1) is 5.06 Å². The molecule has 0 unspecified atom stereocenters. The van der Waals surface area contributed by atoms with Crippen molar-refractivity contribution < 1.29 is 24.2 Å². The molecule has 1 N–H and O–H groups in total. The van der Waals surface area contributed by atoms with Crippen LogP contribution in [-0.4, -0.2) is 62.6 Å². The summed E-state index contributed by atoms with van der Waals surface area (Å²) in [5.41, 5.74) is 5.66. The molecule has 0 saturated carbocycles. The van der Waals surface area contributed by atoms with Gasteiger partial charge >= 0.3 is 5.97 Å². The summed E-state index contributed by atoms with van der Waals surface area (Å²) < 4.78 is 11.3. The molecule has 0 spiro atoms. The number of likely N-dealkylation sites (N-methyl/N-ethyl adjacent to an activating group) is 1. The molecular formula is C29H36N2O5. The summed E-state index contributed by atoms with van der Waals surface area (Å²) in [6.45, 7) is 8.09. The van der Waals surface area contributed by atoms with E-state index in [2.05, 4.69) is 30.0 Å². The summed E-state index contributed by atoms with van der Waals surface area (Å²) in [7, 11) is 1.92. The van der Waals surface area contributed by atoms with E-state index in [-0.39, 0.29) is 0 Å². The van der Waals surface area contributed by atoms with Gasteiger partial charge in [0.25, 0.3) is 0 Å². The number of unbranched alkanes of at least 4 members (excludes halogenated alkanes) is 1. The van der Waals surface area contributed by atoms with E-state index in [1.165, 1.54) is 5.57 Å². The molecular weight excluding hydrogens is 456 g/mol. The summed E-state index contributed by atoms with van der Waals surface area (Å²) >= 11 is 0. The fourth-order valence-electron chi connectivity index (χ4n) is 4.52. The summed E-state index contributed by atoms with van der Waals surface area (Å²) in [6.07, 6.45) is 4.49. The molecule has 7 nitrogen and oxygen atoms in total. The molecule has 0 bridgehead atoms. The van der Waals surface area contributed by atoms with E-state index in [9.17, 15) is 9.90 Å². The van der Waals surface area contributed by atoms with Gasteiger partial charge in [0.15, 0.2) is 0 Å². The van der Waals surface area contributed by atoms with Crippen molar-refractivity contribution in [1.82, 2.24) is 5.06 Å². The number of carboxylic acids is 1. The van der Waals surface area contributed by atoms with Gasteiger partial charge in [0, 0.05) is 43.6 Å². The second-order valence-corrected chi connectivity index (χ2v) is 9.30. The average molecular weight is 493 g/mol. The minimum atomic E-state index is -0.868. The lowest BCUT2D eigenvalue weighted by atomic mass is 10.00. The summed E-state index contributed by atoms with van der Waals surface area (Å²) in [6, 6.07) is 14.3. The van der Waals surface area contributed by atoms with Gasteiger partial charge in [0.1, 0.15) is 18.1 Å². The number of carboxylic acid groups (broad SMARTS) is 1. The molecule has 0 saturated heterocycles. The number of rotatable bonds is 11. The second kappa shape index (κ2) is 12.1. The van der Waals surface area contributed by atoms with Crippen LogP contribution in [0, 0.1) is 0 Å². The van der Waals surface area contributed by atoms with Crippen molar-refractivity contribution in [2.75, 3.05) is 51.4 Å². The van der Waals surface area contributed by atoms with Gasteiger partial charge < -0.3 is 24.3 Å². The Hall–Kier alpha value is -3.29. The van der Waals surface area contributed by atoms with Crippen molar-refractivity contribution in [3.8, 4) is 16.9 Å². The molecule has 2 aromatic rings. The predicted molar refractivity (Wildman–Crippen MR) is 142 cm³/mol. The van der Waals surface area contributed by atoms with Crippen LogP contribution >= 0.6 is 0 Å². The third-order valence-electron chi connectivity index (χ3n) is 6.54. The van der Waals surface area contributed by atoms with E-state index in [0.717, 1.165) is 59.9 Å². The zero-order valence-electron chi connectivity index (χ0n) is 21.5. The van der Waals surface area contributed by atoms with Crippen LogP contribution in [0.3, 0.4) is 0 Å². The Morgan fingerprint density at radius 1 is 1.08 bits per heavy atom. The number of anilines is 1. The lowest BCUT2D eigenvalue weighted by Gasteiger charge is -2.26. The van der Waals surface area contributed by atoms with E-state index in [4.69, 9.17) is 14.3 Å². The molecule has 36 heavy (non-hydrogen) atoms. The number of fused-ring (bicyclic) bond motifs is 1. The Balaban J connectivity index is 1.51. The van der Waals surface area contributed by atoms with E-state index in [1.807, 2.05) is 49.4 Å². The first-order chi connectivity index (χ1) is 17.4.